The Morgan fingerprint density at radius 3 is 2.58 bits per heavy atom. The number of nitrogens with one attached hydrogen (secondary N) is 1. The fourth-order valence-corrected chi connectivity index (χ4v) is 3.22. The molecule has 3 N–H and O–H groups in total. The van der Waals surface area contributed by atoms with Gasteiger partial charge in [0.25, 0.3) is 5.91 Å². The van der Waals surface area contributed by atoms with Crippen LogP contribution in [0.25, 0.3) is 0 Å². The summed E-state index contributed by atoms with van der Waals surface area (Å²) in [7, 11) is 3.28. The molecule has 1 amide bonds. The summed E-state index contributed by atoms with van der Waals surface area (Å²) in [5.74, 6) is 1.65. The van der Waals surface area contributed by atoms with E-state index in [0.717, 1.165) is 37.3 Å². The first-order valence-corrected chi connectivity index (χ1v) is 8.98. The van der Waals surface area contributed by atoms with Crippen LogP contribution in [0.2, 0.25) is 0 Å². The molecule has 1 saturated carbocycles. The van der Waals surface area contributed by atoms with Crippen molar-refractivity contribution >= 4 is 5.91 Å². The van der Waals surface area contributed by atoms with Crippen molar-refractivity contribution in [1.29, 1.82) is 0 Å². The summed E-state index contributed by atoms with van der Waals surface area (Å²) in [6.07, 6.45) is 6.93. The number of hydrogen-bond acceptors (Lipinski definition) is 3. The molecule has 1 aromatic carbocycles. The normalized spacial score (nSPS) is 16.5. The van der Waals surface area contributed by atoms with Gasteiger partial charge in [-0.15, -0.1) is 0 Å². The van der Waals surface area contributed by atoms with Crippen molar-refractivity contribution in [3.05, 3.63) is 23.8 Å². The molecule has 5 heteroatoms. The highest BCUT2D eigenvalue weighted by Crippen LogP contribution is 2.27. The van der Waals surface area contributed by atoms with Crippen molar-refractivity contribution < 1.29 is 19.6 Å². The largest absolute Gasteiger partial charge is 0.493 e. The number of quaternary nitrogens is 1. The van der Waals surface area contributed by atoms with Crippen molar-refractivity contribution in [1.82, 2.24) is 5.32 Å². The van der Waals surface area contributed by atoms with Gasteiger partial charge < -0.3 is 20.1 Å². The lowest BCUT2D eigenvalue weighted by atomic mass is 9.95. The van der Waals surface area contributed by atoms with E-state index in [1.165, 1.54) is 24.8 Å². The molecule has 1 aliphatic rings. The monoisotopic (exact) mass is 335 g/mol. The third-order valence-corrected chi connectivity index (χ3v) is 4.77. The SMILES string of the molecule is COc1ccc(CC[NH2+][C@@H](C)C(=O)NC2CCCCC2)cc1OC. The zero-order valence-corrected chi connectivity index (χ0v) is 15.1. The first kappa shape index (κ1) is 18.6. The minimum Gasteiger partial charge on any atom is -0.493 e. The lowest BCUT2D eigenvalue weighted by Crippen LogP contribution is -2.92. The van der Waals surface area contributed by atoms with E-state index in [0.29, 0.717) is 6.04 Å². The maximum Gasteiger partial charge on any atom is 0.278 e. The molecule has 0 radical (unpaired) electrons. The van der Waals surface area contributed by atoms with E-state index in [9.17, 15) is 4.79 Å². The van der Waals surface area contributed by atoms with E-state index in [-0.39, 0.29) is 11.9 Å². The first-order valence-electron chi connectivity index (χ1n) is 8.98. The van der Waals surface area contributed by atoms with Crippen LogP contribution < -0.4 is 20.1 Å². The fraction of sp³-hybridized carbons (Fsp3) is 0.632. The van der Waals surface area contributed by atoms with Gasteiger partial charge in [-0.25, -0.2) is 0 Å². The smallest absolute Gasteiger partial charge is 0.278 e. The van der Waals surface area contributed by atoms with Gasteiger partial charge in [0.05, 0.1) is 20.8 Å². The number of amides is 1. The molecular formula is C19H31N2O3+. The van der Waals surface area contributed by atoms with Crippen LogP contribution in [0, 0.1) is 0 Å². The van der Waals surface area contributed by atoms with E-state index >= 15 is 0 Å². The summed E-state index contributed by atoms with van der Waals surface area (Å²) < 4.78 is 10.6. The molecule has 24 heavy (non-hydrogen) atoms. The fourth-order valence-electron chi connectivity index (χ4n) is 3.22. The molecule has 2 rings (SSSR count). The minimum absolute atomic E-state index is 0.0490. The van der Waals surface area contributed by atoms with Gasteiger partial charge in [-0.1, -0.05) is 25.3 Å². The van der Waals surface area contributed by atoms with Crippen LogP contribution in [-0.2, 0) is 11.2 Å². The summed E-state index contributed by atoms with van der Waals surface area (Å²) >= 11 is 0. The number of nitrogens with two attached hydrogens (primary N) is 1. The summed E-state index contributed by atoms with van der Waals surface area (Å²) in [5.41, 5.74) is 1.18. The highest BCUT2D eigenvalue weighted by molar-refractivity contribution is 5.80. The number of carbonyl (C=O) groups is 1. The van der Waals surface area contributed by atoms with Crippen LogP contribution >= 0.6 is 0 Å². The van der Waals surface area contributed by atoms with Crippen LogP contribution in [0.4, 0.5) is 0 Å². The van der Waals surface area contributed by atoms with E-state index < -0.39 is 0 Å². The molecule has 0 bridgehead atoms. The van der Waals surface area contributed by atoms with Gasteiger partial charge in [-0.3, -0.25) is 4.79 Å². The maximum atomic E-state index is 12.3. The van der Waals surface area contributed by atoms with Gasteiger partial charge in [-0.05, 0) is 37.5 Å². The Hall–Kier alpha value is -1.75. The molecule has 0 saturated heterocycles. The van der Waals surface area contributed by atoms with Crippen molar-refractivity contribution in [2.24, 2.45) is 0 Å². The molecule has 134 valence electrons. The van der Waals surface area contributed by atoms with Gasteiger partial charge in [0.2, 0.25) is 0 Å². The maximum absolute atomic E-state index is 12.3. The molecule has 0 spiro atoms. The Balaban J connectivity index is 1.75. The highest BCUT2D eigenvalue weighted by atomic mass is 16.5. The van der Waals surface area contributed by atoms with E-state index in [1.54, 1.807) is 14.2 Å². The summed E-state index contributed by atoms with van der Waals surface area (Å²) in [6.45, 7) is 2.85. The number of hydrogen-bond donors (Lipinski definition) is 2. The Kier molecular flexibility index (Phi) is 7.37. The van der Waals surface area contributed by atoms with E-state index in [4.69, 9.17) is 9.47 Å². The van der Waals surface area contributed by atoms with Gasteiger partial charge in [0.1, 0.15) is 0 Å². The Morgan fingerprint density at radius 1 is 1.21 bits per heavy atom. The standard InChI is InChI=1S/C19H30N2O3/c1-14(19(22)21-16-7-5-4-6-8-16)20-12-11-15-9-10-17(23-2)18(13-15)24-3/h9-10,13-14,16,20H,4-8,11-12H2,1-3H3,(H,21,22)/p+1/t14-/m0/s1. The lowest BCUT2D eigenvalue weighted by Gasteiger charge is -2.23. The van der Waals surface area contributed by atoms with Crippen LogP contribution in [-0.4, -0.2) is 38.8 Å². The topological polar surface area (TPSA) is 64.2 Å². The molecular weight excluding hydrogens is 304 g/mol. The predicted molar refractivity (Wildman–Crippen MR) is 94.5 cm³/mol. The van der Waals surface area contributed by atoms with Gasteiger partial charge >= 0.3 is 0 Å². The molecule has 1 aromatic rings. The van der Waals surface area contributed by atoms with Crippen LogP contribution in [0.1, 0.15) is 44.6 Å². The van der Waals surface area contributed by atoms with Crippen LogP contribution in [0.3, 0.4) is 0 Å². The second-order valence-electron chi connectivity index (χ2n) is 6.60. The molecule has 1 aliphatic carbocycles. The van der Waals surface area contributed by atoms with E-state index in [1.807, 2.05) is 25.1 Å². The predicted octanol–water partition coefficient (Wildman–Crippen LogP) is 1.65. The van der Waals surface area contributed by atoms with Crippen LogP contribution in [0.15, 0.2) is 18.2 Å². The first-order chi connectivity index (χ1) is 11.6. The lowest BCUT2D eigenvalue weighted by molar-refractivity contribution is -0.673. The number of benzene rings is 1. The average molecular weight is 335 g/mol. The highest BCUT2D eigenvalue weighted by Gasteiger charge is 2.21. The third-order valence-electron chi connectivity index (χ3n) is 4.77. The molecule has 0 heterocycles. The zero-order valence-electron chi connectivity index (χ0n) is 15.1. The molecule has 1 atom stereocenters. The Bertz CT molecular complexity index is 527. The Morgan fingerprint density at radius 2 is 1.92 bits per heavy atom. The molecule has 1 fully saturated rings. The van der Waals surface area contributed by atoms with Crippen molar-refractivity contribution in [3.63, 3.8) is 0 Å². The van der Waals surface area contributed by atoms with Crippen molar-refractivity contribution in [3.8, 4) is 11.5 Å². The molecule has 0 aliphatic heterocycles. The van der Waals surface area contributed by atoms with Crippen LogP contribution in [0.5, 0.6) is 11.5 Å². The van der Waals surface area contributed by atoms with Crippen molar-refractivity contribution in [2.45, 2.75) is 57.5 Å². The minimum atomic E-state index is -0.0490. The Labute approximate surface area is 145 Å². The van der Waals surface area contributed by atoms with Gasteiger partial charge in [0.15, 0.2) is 17.5 Å². The number of methoxy groups -OCH3 is 2. The molecule has 5 nitrogen and oxygen atoms in total. The summed E-state index contributed by atoms with van der Waals surface area (Å²) in [6, 6.07) is 6.30. The molecule has 0 unspecified atom stereocenters. The van der Waals surface area contributed by atoms with Gasteiger partial charge in [0, 0.05) is 12.5 Å². The number of rotatable bonds is 8. The van der Waals surface area contributed by atoms with Crippen molar-refractivity contribution in [2.75, 3.05) is 20.8 Å². The van der Waals surface area contributed by atoms with Gasteiger partial charge in [-0.2, -0.15) is 0 Å². The average Bonchev–Trinajstić information content (AvgIpc) is 2.62. The zero-order chi connectivity index (χ0) is 17.4. The second kappa shape index (κ2) is 9.52. The summed E-state index contributed by atoms with van der Waals surface area (Å²) in [4.78, 5) is 12.3. The van der Waals surface area contributed by atoms with E-state index in [2.05, 4.69) is 10.6 Å². The summed E-state index contributed by atoms with van der Waals surface area (Å²) in [5, 5.41) is 5.30. The number of carbonyl (C=O) groups excluding carboxylic acids is 1. The quantitative estimate of drug-likeness (QED) is 0.759. The number of ether oxygens (including phenoxy) is 2. The third kappa shape index (κ3) is 5.41. The second-order valence-corrected chi connectivity index (χ2v) is 6.60. The molecule has 0 aromatic heterocycles.